The van der Waals surface area contributed by atoms with E-state index in [1.54, 1.807) is 12.1 Å². The molecule has 0 saturated heterocycles. The van der Waals surface area contributed by atoms with Gasteiger partial charge in [0.15, 0.2) is 0 Å². The smallest absolute Gasteiger partial charge is 0.127 e. The van der Waals surface area contributed by atoms with Crippen LogP contribution in [0.2, 0.25) is 5.02 Å². The normalized spacial score (nSPS) is 12.6. The number of rotatable bonds is 6. The molecular formula is C16H21ClFN3. The lowest BCUT2D eigenvalue weighted by atomic mass is 10.0. The first-order valence-corrected chi connectivity index (χ1v) is 7.65. The van der Waals surface area contributed by atoms with E-state index in [0.29, 0.717) is 17.0 Å². The first kappa shape index (κ1) is 16.0. The molecule has 0 spiro atoms. The molecular weight excluding hydrogens is 289 g/mol. The van der Waals surface area contributed by atoms with E-state index in [1.807, 2.05) is 24.6 Å². The molecule has 0 bridgehead atoms. The van der Waals surface area contributed by atoms with Crippen molar-refractivity contribution in [3.8, 4) is 0 Å². The summed E-state index contributed by atoms with van der Waals surface area (Å²) in [5, 5.41) is 8.34. The van der Waals surface area contributed by atoms with Crippen molar-refractivity contribution in [1.29, 1.82) is 0 Å². The van der Waals surface area contributed by atoms with Crippen LogP contribution in [0, 0.1) is 12.7 Å². The molecule has 1 N–H and O–H groups in total. The van der Waals surface area contributed by atoms with Crippen molar-refractivity contribution in [3.05, 3.63) is 52.1 Å². The van der Waals surface area contributed by atoms with Crippen LogP contribution >= 0.6 is 11.6 Å². The van der Waals surface area contributed by atoms with Gasteiger partial charge in [0.05, 0.1) is 17.4 Å². The molecule has 1 atom stereocenters. The molecule has 0 fully saturated rings. The molecule has 1 unspecified atom stereocenters. The highest BCUT2D eigenvalue weighted by atomic mass is 35.5. The molecule has 2 aromatic rings. The van der Waals surface area contributed by atoms with E-state index in [4.69, 9.17) is 11.6 Å². The maximum atomic E-state index is 14.0. The van der Waals surface area contributed by atoms with Gasteiger partial charge in [-0.3, -0.25) is 4.68 Å². The standard InChI is InChI=1S/C16H21ClFN3/c1-4-19-15(16-9-11(3)20-21(16)5-2)10-12-13(17)7-6-8-14(12)18/h6-9,15,19H,4-5,10H2,1-3H3. The molecule has 0 saturated carbocycles. The van der Waals surface area contributed by atoms with E-state index in [9.17, 15) is 4.39 Å². The van der Waals surface area contributed by atoms with E-state index in [2.05, 4.69) is 17.3 Å². The molecule has 3 nitrogen and oxygen atoms in total. The van der Waals surface area contributed by atoms with Gasteiger partial charge in [-0.1, -0.05) is 24.6 Å². The van der Waals surface area contributed by atoms with Crippen LogP contribution in [0.5, 0.6) is 0 Å². The van der Waals surface area contributed by atoms with E-state index in [-0.39, 0.29) is 11.9 Å². The summed E-state index contributed by atoms with van der Waals surface area (Å²) >= 11 is 6.15. The number of nitrogens with one attached hydrogen (secondary N) is 1. The zero-order chi connectivity index (χ0) is 15.4. The molecule has 21 heavy (non-hydrogen) atoms. The lowest BCUT2D eigenvalue weighted by Gasteiger charge is -2.20. The summed E-state index contributed by atoms with van der Waals surface area (Å²) in [4.78, 5) is 0. The maximum absolute atomic E-state index is 14.0. The summed E-state index contributed by atoms with van der Waals surface area (Å²) in [6.07, 6.45) is 0.504. The second kappa shape index (κ2) is 7.05. The van der Waals surface area contributed by atoms with Crippen molar-refractivity contribution >= 4 is 11.6 Å². The fourth-order valence-corrected chi connectivity index (χ4v) is 2.80. The van der Waals surface area contributed by atoms with Crippen LogP contribution in [0.4, 0.5) is 4.39 Å². The molecule has 1 aromatic heterocycles. The van der Waals surface area contributed by atoms with Crippen molar-refractivity contribution in [1.82, 2.24) is 15.1 Å². The van der Waals surface area contributed by atoms with Crippen molar-refractivity contribution in [3.63, 3.8) is 0 Å². The minimum absolute atomic E-state index is 0.00875. The highest BCUT2D eigenvalue weighted by Crippen LogP contribution is 2.26. The van der Waals surface area contributed by atoms with Crippen molar-refractivity contribution in [2.24, 2.45) is 0 Å². The number of halogens is 2. The van der Waals surface area contributed by atoms with Crippen LogP contribution in [-0.2, 0) is 13.0 Å². The topological polar surface area (TPSA) is 29.9 Å². The Balaban J connectivity index is 2.35. The summed E-state index contributed by atoms with van der Waals surface area (Å²) < 4.78 is 16.0. The van der Waals surface area contributed by atoms with Gasteiger partial charge < -0.3 is 5.32 Å². The Kier molecular flexibility index (Phi) is 5.37. The average Bonchev–Trinajstić information content (AvgIpc) is 2.83. The number of nitrogens with zero attached hydrogens (tertiary/aromatic N) is 2. The number of aromatic nitrogens is 2. The van der Waals surface area contributed by atoms with Gasteiger partial charge in [0, 0.05) is 17.1 Å². The highest BCUT2D eigenvalue weighted by molar-refractivity contribution is 6.31. The molecule has 114 valence electrons. The summed E-state index contributed by atoms with van der Waals surface area (Å²) in [7, 11) is 0. The fraction of sp³-hybridized carbons (Fsp3) is 0.438. The molecule has 0 radical (unpaired) electrons. The van der Waals surface area contributed by atoms with E-state index in [1.165, 1.54) is 6.07 Å². The third-order valence-corrected chi connectivity index (χ3v) is 3.86. The minimum Gasteiger partial charge on any atom is -0.309 e. The lowest BCUT2D eigenvalue weighted by Crippen LogP contribution is -2.26. The Morgan fingerprint density at radius 1 is 1.38 bits per heavy atom. The molecule has 0 aliphatic heterocycles. The van der Waals surface area contributed by atoms with Gasteiger partial charge in [0.25, 0.3) is 0 Å². The Bertz CT molecular complexity index is 589. The third-order valence-electron chi connectivity index (χ3n) is 3.51. The average molecular weight is 310 g/mol. The second-order valence-electron chi connectivity index (χ2n) is 5.04. The quantitative estimate of drug-likeness (QED) is 0.877. The van der Waals surface area contributed by atoms with Gasteiger partial charge in [-0.25, -0.2) is 4.39 Å². The largest absolute Gasteiger partial charge is 0.309 e. The molecule has 0 aliphatic rings. The second-order valence-corrected chi connectivity index (χ2v) is 5.45. The molecule has 1 aromatic carbocycles. The lowest BCUT2D eigenvalue weighted by molar-refractivity contribution is 0.480. The Morgan fingerprint density at radius 2 is 2.14 bits per heavy atom. The van der Waals surface area contributed by atoms with Gasteiger partial charge in [-0.05, 0) is 45.0 Å². The zero-order valence-electron chi connectivity index (χ0n) is 12.7. The summed E-state index contributed by atoms with van der Waals surface area (Å²) in [6, 6.07) is 6.85. The maximum Gasteiger partial charge on any atom is 0.127 e. The van der Waals surface area contributed by atoms with Crippen molar-refractivity contribution < 1.29 is 4.39 Å². The fourth-order valence-electron chi connectivity index (χ4n) is 2.56. The predicted molar refractivity (Wildman–Crippen MR) is 84.2 cm³/mol. The van der Waals surface area contributed by atoms with Crippen LogP contribution in [-0.4, -0.2) is 16.3 Å². The van der Waals surface area contributed by atoms with Crippen LogP contribution < -0.4 is 5.32 Å². The highest BCUT2D eigenvalue weighted by Gasteiger charge is 2.19. The summed E-state index contributed by atoms with van der Waals surface area (Å²) in [5.41, 5.74) is 2.58. The van der Waals surface area contributed by atoms with Crippen LogP contribution in [0.1, 0.15) is 36.8 Å². The van der Waals surface area contributed by atoms with Gasteiger partial charge >= 0.3 is 0 Å². The van der Waals surface area contributed by atoms with Crippen molar-refractivity contribution in [2.75, 3.05) is 6.54 Å². The Morgan fingerprint density at radius 3 is 2.76 bits per heavy atom. The molecule has 0 amide bonds. The summed E-state index contributed by atoms with van der Waals surface area (Å²) in [6.45, 7) is 7.64. The minimum atomic E-state index is -0.260. The predicted octanol–water partition coefficient (Wildman–Crippen LogP) is 3.90. The van der Waals surface area contributed by atoms with Crippen molar-refractivity contribution in [2.45, 2.75) is 39.8 Å². The van der Waals surface area contributed by atoms with E-state index < -0.39 is 0 Å². The number of benzene rings is 1. The number of likely N-dealkylation sites (N-methyl/N-ethyl adjacent to an activating group) is 1. The first-order valence-electron chi connectivity index (χ1n) is 7.27. The summed E-state index contributed by atoms with van der Waals surface area (Å²) in [5.74, 6) is -0.260. The Hall–Kier alpha value is -1.39. The van der Waals surface area contributed by atoms with Gasteiger partial charge in [-0.2, -0.15) is 5.10 Å². The Labute approximate surface area is 130 Å². The van der Waals surface area contributed by atoms with Crippen LogP contribution in [0.25, 0.3) is 0 Å². The SMILES string of the molecule is CCNC(Cc1c(F)cccc1Cl)c1cc(C)nn1CC. The number of aryl methyl sites for hydroxylation is 2. The number of hydrogen-bond acceptors (Lipinski definition) is 2. The molecule has 2 rings (SSSR count). The van der Waals surface area contributed by atoms with Crippen LogP contribution in [0.15, 0.2) is 24.3 Å². The van der Waals surface area contributed by atoms with Gasteiger partial charge in [-0.15, -0.1) is 0 Å². The van der Waals surface area contributed by atoms with E-state index in [0.717, 1.165) is 24.5 Å². The first-order chi connectivity index (χ1) is 10.1. The van der Waals surface area contributed by atoms with Crippen LogP contribution in [0.3, 0.4) is 0 Å². The molecule has 1 heterocycles. The zero-order valence-corrected chi connectivity index (χ0v) is 13.4. The third kappa shape index (κ3) is 3.63. The molecule has 0 aliphatic carbocycles. The number of hydrogen-bond donors (Lipinski definition) is 1. The monoisotopic (exact) mass is 309 g/mol. The molecule has 5 heteroatoms. The van der Waals surface area contributed by atoms with E-state index >= 15 is 0 Å². The van der Waals surface area contributed by atoms with Gasteiger partial charge in [0.1, 0.15) is 5.82 Å². The van der Waals surface area contributed by atoms with Gasteiger partial charge in [0.2, 0.25) is 0 Å².